The quantitative estimate of drug-likeness (QED) is 0.356. The van der Waals surface area contributed by atoms with Crippen molar-refractivity contribution in [3.05, 3.63) is 29.8 Å². The largest absolute Gasteiger partial charge is 0.497 e. The van der Waals surface area contributed by atoms with Crippen LogP contribution in [0.4, 0.5) is 0 Å². The second-order valence-corrected chi connectivity index (χ2v) is 6.19. The molecule has 142 valence electrons. The second kappa shape index (κ2) is 13.2. The van der Waals surface area contributed by atoms with Gasteiger partial charge in [-0.3, -0.25) is 4.99 Å². The predicted molar refractivity (Wildman–Crippen MR) is 116 cm³/mol. The highest BCUT2D eigenvalue weighted by Gasteiger charge is 2.08. The van der Waals surface area contributed by atoms with Crippen molar-refractivity contribution in [3.63, 3.8) is 0 Å². The standard InChI is InChI=1S/C19H32N4O.HI/c1-3-20-19(22-12-15-23-13-5-4-6-14-23)21-11-10-17-8-7-9-18(16-17)24-2;/h7-9,16H,3-6,10-15H2,1-2H3,(H2,20,21,22);1H. The fourth-order valence-electron chi connectivity index (χ4n) is 2.98. The molecule has 0 atom stereocenters. The van der Waals surface area contributed by atoms with Crippen LogP contribution < -0.4 is 15.4 Å². The number of benzene rings is 1. The number of hydrogen-bond donors (Lipinski definition) is 2. The van der Waals surface area contributed by atoms with Gasteiger partial charge in [-0.1, -0.05) is 18.6 Å². The fraction of sp³-hybridized carbons (Fsp3) is 0.632. The summed E-state index contributed by atoms with van der Waals surface area (Å²) >= 11 is 0. The molecular formula is C19H33IN4O. The first-order chi connectivity index (χ1) is 11.8. The Balaban J connectivity index is 0.00000312. The molecule has 0 unspecified atom stereocenters. The van der Waals surface area contributed by atoms with Crippen molar-refractivity contribution < 1.29 is 4.74 Å². The third kappa shape index (κ3) is 8.76. The van der Waals surface area contributed by atoms with Gasteiger partial charge in [-0.15, -0.1) is 24.0 Å². The molecule has 0 bridgehead atoms. The van der Waals surface area contributed by atoms with Gasteiger partial charge in [0.25, 0.3) is 0 Å². The van der Waals surface area contributed by atoms with Gasteiger partial charge in [0.1, 0.15) is 5.75 Å². The summed E-state index contributed by atoms with van der Waals surface area (Å²) in [4.78, 5) is 7.22. The average Bonchev–Trinajstić information content (AvgIpc) is 2.63. The van der Waals surface area contributed by atoms with Crippen molar-refractivity contribution in [2.75, 3.05) is 46.4 Å². The molecule has 1 aromatic carbocycles. The van der Waals surface area contributed by atoms with Crippen LogP contribution in [-0.2, 0) is 6.42 Å². The van der Waals surface area contributed by atoms with E-state index in [2.05, 4.69) is 34.6 Å². The Hall–Kier alpha value is -1.02. The van der Waals surface area contributed by atoms with Crippen LogP contribution in [0.3, 0.4) is 0 Å². The van der Waals surface area contributed by atoms with Gasteiger partial charge < -0.3 is 20.3 Å². The van der Waals surface area contributed by atoms with Gasteiger partial charge in [0.2, 0.25) is 0 Å². The molecule has 25 heavy (non-hydrogen) atoms. The Morgan fingerprint density at radius 3 is 2.72 bits per heavy atom. The lowest BCUT2D eigenvalue weighted by molar-refractivity contribution is 0.235. The number of hydrogen-bond acceptors (Lipinski definition) is 3. The molecule has 2 N–H and O–H groups in total. The van der Waals surface area contributed by atoms with Crippen LogP contribution in [0.25, 0.3) is 0 Å². The topological polar surface area (TPSA) is 48.9 Å². The summed E-state index contributed by atoms with van der Waals surface area (Å²) in [5.41, 5.74) is 1.27. The van der Waals surface area contributed by atoms with Crippen LogP contribution >= 0.6 is 24.0 Å². The smallest absolute Gasteiger partial charge is 0.191 e. The maximum Gasteiger partial charge on any atom is 0.191 e. The summed E-state index contributed by atoms with van der Waals surface area (Å²) in [6, 6.07) is 8.22. The number of halogens is 1. The zero-order valence-corrected chi connectivity index (χ0v) is 17.9. The van der Waals surface area contributed by atoms with Crippen LogP contribution in [-0.4, -0.2) is 57.2 Å². The van der Waals surface area contributed by atoms with E-state index in [-0.39, 0.29) is 24.0 Å². The summed E-state index contributed by atoms with van der Waals surface area (Å²) in [6.45, 7) is 8.23. The molecule has 0 spiro atoms. The van der Waals surface area contributed by atoms with E-state index in [0.29, 0.717) is 0 Å². The summed E-state index contributed by atoms with van der Waals surface area (Å²) in [5.74, 6) is 1.83. The number of piperidine rings is 1. The molecule has 0 radical (unpaired) electrons. The highest BCUT2D eigenvalue weighted by molar-refractivity contribution is 14.0. The first kappa shape index (κ1) is 22.0. The summed E-state index contributed by atoms with van der Waals surface area (Å²) in [6.07, 6.45) is 5.01. The molecule has 5 nitrogen and oxygen atoms in total. The highest BCUT2D eigenvalue weighted by atomic mass is 127. The molecular weight excluding hydrogens is 427 g/mol. The van der Waals surface area contributed by atoms with E-state index in [1.54, 1.807) is 7.11 Å². The van der Waals surface area contributed by atoms with Gasteiger partial charge in [0, 0.05) is 19.6 Å². The monoisotopic (exact) mass is 460 g/mol. The Kier molecular flexibility index (Phi) is 11.6. The lowest BCUT2D eigenvalue weighted by atomic mass is 10.1. The van der Waals surface area contributed by atoms with Gasteiger partial charge in [-0.05, 0) is 57.0 Å². The van der Waals surface area contributed by atoms with E-state index < -0.39 is 0 Å². The average molecular weight is 460 g/mol. The van der Waals surface area contributed by atoms with Crippen LogP contribution in [0.15, 0.2) is 29.3 Å². The SMILES string of the molecule is CCNC(=NCCN1CCCCC1)NCCc1cccc(OC)c1.I. The molecule has 1 aliphatic heterocycles. The van der Waals surface area contributed by atoms with Crippen LogP contribution in [0, 0.1) is 0 Å². The second-order valence-electron chi connectivity index (χ2n) is 6.19. The molecule has 2 rings (SSSR count). The molecule has 0 saturated carbocycles. The number of rotatable bonds is 8. The van der Waals surface area contributed by atoms with E-state index in [1.807, 2.05) is 12.1 Å². The summed E-state index contributed by atoms with van der Waals surface area (Å²) < 4.78 is 5.27. The molecule has 1 saturated heterocycles. The van der Waals surface area contributed by atoms with Gasteiger partial charge in [0.15, 0.2) is 5.96 Å². The van der Waals surface area contributed by atoms with Gasteiger partial charge in [-0.25, -0.2) is 0 Å². The number of nitrogens with one attached hydrogen (secondary N) is 2. The molecule has 1 heterocycles. The molecule has 1 aromatic rings. The van der Waals surface area contributed by atoms with Crippen molar-refractivity contribution in [1.29, 1.82) is 0 Å². The van der Waals surface area contributed by atoms with Gasteiger partial charge >= 0.3 is 0 Å². The van der Waals surface area contributed by atoms with Crippen LogP contribution in [0.1, 0.15) is 31.7 Å². The third-order valence-electron chi connectivity index (χ3n) is 4.32. The van der Waals surface area contributed by atoms with Crippen molar-refractivity contribution in [2.24, 2.45) is 4.99 Å². The van der Waals surface area contributed by atoms with Crippen molar-refractivity contribution in [2.45, 2.75) is 32.6 Å². The summed E-state index contributed by atoms with van der Waals surface area (Å²) in [7, 11) is 1.70. The Labute approximate surface area is 169 Å². The Morgan fingerprint density at radius 2 is 2.00 bits per heavy atom. The Bertz CT molecular complexity index is 504. The normalized spacial score (nSPS) is 15.4. The van der Waals surface area contributed by atoms with E-state index >= 15 is 0 Å². The predicted octanol–water partition coefficient (Wildman–Crippen LogP) is 2.90. The van der Waals surface area contributed by atoms with E-state index in [4.69, 9.17) is 9.73 Å². The van der Waals surface area contributed by atoms with Crippen molar-refractivity contribution in [1.82, 2.24) is 15.5 Å². The lowest BCUT2D eigenvalue weighted by Gasteiger charge is -2.25. The zero-order chi connectivity index (χ0) is 17.0. The van der Waals surface area contributed by atoms with Crippen molar-refractivity contribution >= 4 is 29.9 Å². The first-order valence-corrected chi connectivity index (χ1v) is 9.19. The fourth-order valence-corrected chi connectivity index (χ4v) is 2.98. The van der Waals surface area contributed by atoms with Crippen molar-refractivity contribution in [3.8, 4) is 5.75 Å². The van der Waals surface area contributed by atoms with Crippen LogP contribution in [0.5, 0.6) is 5.75 Å². The molecule has 1 aliphatic rings. The maximum absolute atomic E-state index is 5.27. The van der Waals surface area contributed by atoms with E-state index in [0.717, 1.165) is 44.3 Å². The molecule has 0 aliphatic carbocycles. The van der Waals surface area contributed by atoms with E-state index in [1.165, 1.54) is 37.9 Å². The third-order valence-corrected chi connectivity index (χ3v) is 4.32. The molecule has 6 heteroatoms. The number of aliphatic imine (C=N–C) groups is 1. The number of ether oxygens (including phenoxy) is 1. The minimum Gasteiger partial charge on any atom is -0.497 e. The first-order valence-electron chi connectivity index (χ1n) is 9.19. The maximum atomic E-state index is 5.27. The minimum atomic E-state index is 0. The highest BCUT2D eigenvalue weighted by Crippen LogP contribution is 2.12. The molecule has 1 fully saturated rings. The van der Waals surface area contributed by atoms with Crippen LogP contribution in [0.2, 0.25) is 0 Å². The minimum absolute atomic E-state index is 0. The number of guanidine groups is 1. The van der Waals surface area contributed by atoms with E-state index in [9.17, 15) is 0 Å². The Morgan fingerprint density at radius 1 is 1.20 bits per heavy atom. The number of nitrogens with zero attached hydrogens (tertiary/aromatic N) is 2. The van der Waals surface area contributed by atoms with Gasteiger partial charge in [0.05, 0.1) is 13.7 Å². The molecule has 0 aromatic heterocycles. The molecule has 0 amide bonds. The zero-order valence-electron chi connectivity index (χ0n) is 15.6. The summed E-state index contributed by atoms with van der Waals surface area (Å²) in [5, 5.41) is 6.75. The number of likely N-dealkylation sites (tertiary alicyclic amines) is 1. The van der Waals surface area contributed by atoms with Gasteiger partial charge in [-0.2, -0.15) is 0 Å². The lowest BCUT2D eigenvalue weighted by Crippen LogP contribution is -2.39. The number of methoxy groups -OCH3 is 1.